The van der Waals surface area contributed by atoms with E-state index < -0.39 is 10.8 Å². The van der Waals surface area contributed by atoms with Gasteiger partial charge in [-0.1, -0.05) is 15.9 Å². The van der Waals surface area contributed by atoms with Gasteiger partial charge in [0.2, 0.25) is 0 Å². The Kier molecular flexibility index (Phi) is 5.58. The van der Waals surface area contributed by atoms with Crippen LogP contribution >= 0.6 is 15.9 Å². The topological polar surface area (TPSA) is 43.1 Å². The van der Waals surface area contributed by atoms with Gasteiger partial charge < -0.3 is 5.73 Å². The summed E-state index contributed by atoms with van der Waals surface area (Å²) in [5, 5.41) is 0. The van der Waals surface area contributed by atoms with Gasteiger partial charge in [0, 0.05) is 32.6 Å². The molecule has 1 aromatic rings. The van der Waals surface area contributed by atoms with E-state index in [0.29, 0.717) is 17.7 Å². The molecule has 0 bridgehead atoms. The van der Waals surface area contributed by atoms with Crippen LogP contribution < -0.4 is 5.73 Å². The third-order valence-corrected chi connectivity index (χ3v) is 3.94. The summed E-state index contributed by atoms with van der Waals surface area (Å²) in [5.41, 5.74) is 6.06. The lowest BCUT2D eigenvalue weighted by molar-refractivity contribution is 0.614. The van der Waals surface area contributed by atoms with Crippen LogP contribution in [0.4, 0.5) is 4.39 Å². The van der Waals surface area contributed by atoms with E-state index in [-0.39, 0.29) is 17.6 Å². The fraction of sp³-hybridized carbons (Fsp3) is 0.455. The molecule has 90 valence electrons. The van der Waals surface area contributed by atoms with E-state index in [1.165, 1.54) is 6.07 Å². The first-order valence-corrected chi connectivity index (χ1v) is 7.31. The monoisotopic (exact) mass is 307 g/mol. The number of hydrogen-bond donors (Lipinski definition) is 1. The molecule has 0 aromatic heterocycles. The highest BCUT2D eigenvalue weighted by atomic mass is 79.9. The third-order valence-electron chi connectivity index (χ3n) is 2.13. The number of nitrogens with two attached hydrogens (primary N) is 1. The Morgan fingerprint density at radius 2 is 2.25 bits per heavy atom. The number of benzene rings is 1. The molecule has 0 saturated heterocycles. The SMILES string of the molecule is CC(N)CCS(=O)Cc1cc(Br)ccc1F. The van der Waals surface area contributed by atoms with E-state index in [1.807, 2.05) is 6.92 Å². The van der Waals surface area contributed by atoms with Crippen LogP contribution in [-0.4, -0.2) is 16.0 Å². The fourth-order valence-electron chi connectivity index (χ4n) is 1.22. The largest absolute Gasteiger partial charge is 0.328 e. The van der Waals surface area contributed by atoms with Crippen LogP contribution in [0.5, 0.6) is 0 Å². The molecule has 2 N–H and O–H groups in total. The smallest absolute Gasteiger partial charge is 0.127 e. The molecule has 0 aliphatic rings. The van der Waals surface area contributed by atoms with Crippen molar-refractivity contribution >= 4 is 26.7 Å². The molecule has 0 amide bonds. The average molecular weight is 308 g/mol. The summed E-state index contributed by atoms with van der Waals surface area (Å²) < 4.78 is 25.8. The second-order valence-corrected chi connectivity index (χ2v) is 6.28. The van der Waals surface area contributed by atoms with Crippen molar-refractivity contribution in [3.8, 4) is 0 Å². The van der Waals surface area contributed by atoms with Gasteiger partial charge in [-0.25, -0.2) is 4.39 Å². The van der Waals surface area contributed by atoms with Crippen molar-refractivity contribution in [2.45, 2.75) is 25.1 Å². The second kappa shape index (κ2) is 6.47. The molecule has 1 aromatic carbocycles. The summed E-state index contributed by atoms with van der Waals surface area (Å²) in [6.45, 7) is 1.87. The van der Waals surface area contributed by atoms with Crippen LogP contribution in [0.1, 0.15) is 18.9 Å². The molecule has 0 aliphatic heterocycles. The molecule has 16 heavy (non-hydrogen) atoms. The van der Waals surface area contributed by atoms with E-state index in [2.05, 4.69) is 15.9 Å². The Morgan fingerprint density at radius 1 is 1.56 bits per heavy atom. The Labute approximate surface area is 106 Å². The van der Waals surface area contributed by atoms with Crippen LogP contribution in [0, 0.1) is 5.82 Å². The minimum Gasteiger partial charge on any atom is -0.328 e. The van der Waals surface area contributed by atoms with Gasteiger partial charge in [0.15, 0.2) is 0 Å². The van der Waals surface area contributed by atoms with Crippen molar-refractivity contribution in [3.63, 3.8) is 0 Å². The predicted molar refractivity (Wildman–Crippen MR) is 69.1 cm³/mol. The van der Waals surface area contributed by atoms with E-state index in [0.717, 1.165) is 4.47 Å². The molecule has 2 unspecified atom stereocenters. The zero-order chi connectivity index (χ0) is 12.1. The minimum atomic E-state index is -1.05. The average Bonchev–Trinajstić information content (AvgIpc) is 2.20. The fourth-order valence-corrected chi connectivity index (χ4v) is 2.97. The van der Waals surface area contributed by atoms with Crippen LogP contribution in [0.2, 0.25) is 0 Å². The first-order chi connectivity index (χ1) is 7.49. The van der Waals surface area contributed by atoms with Gasteiger partial charge in [0.25, 0.3) is 0 Å². The molecule has 5 heteroatoms. The maximum Gasteiger partial charge on any atom is 0.127 e. The molecule has 0 radical (unpaired) electrons. The van der Waals surface area contributed by atoms with Crippen molar-refractivity contribution in [1.29, 1.82) is 0 Å². The van der Waals surface area contributed by atoms with E-state index in [9.17, 15) is 8.60 Å². The molecule has 0 fully saturated rings. The van der Waals surface area contributed by atoms with Crippen molar-refractivity contribution in [2.75, 3.05) is 5.75 Å². The molecule has 2 atom stereocenters. The van der Waals surface area contributed by atoms with E-state index in [1.54, 1.807) is 12.1 Å². The van der Waals surface area contributed by atoms with Crippen LogP contribution in [0.15, 0.2) is 22.7 Å². The quantitative estimate of drug-likeness (QED) is 0.908. The summed E-state index contributed by atoms with van der Waals surface area (Å²) >= 11 is 3.26. The summed E-state index contributed by atoms with van der Waals surface area (Å²) in [7, 11) is -1.05. The van der Waals surface area contributed by atoms with Crippen LogP contribution in [-0.2, 0) is 16.6 Å². The van der Waals surface area contributed by atoms with E-state index in [4.69, 9.17) is 5.73 Å². The molecular formula is C11H15BrFNOS. The standard InChI is InChI=1S/C11H15BrFNOS/c1-8(14)4-5-16(15)7-9-6-10(12)2-3-11(9)13/h2-3,6,8H,4-5,7,14H2,1H3. The van der Waals surface area contributed by atoms with E-state index >= 15 is 0 Å². The van der Waals surface area contributed by atoms with Crippen LogP contribution in [0.3, 0.4) is 0 Å². The van der Waals surface area contributed by atoms with Gasteiger partial charge in [0.1, 0.15) is 5.82 Å². The summed E-state index contributed by atoms with van der Waals surface area (Å²) in [6.07, 6.45) is 0.697. The lowest BCUT2D eigenvalue weighted by atomic mass is 10.2. The highest BCUT2D eigenvalue weighted by Gasteiger charge is 2.08. The number of hydrogen-bond acceptors (Lipinski definition) is 2. The summed E-state index contributed by atoms with van der Waals surface area (Å²) in [6, 6.07) is 4.71. The Balaban J connectivity index is 2.59. The highest BCUT2D eigenvalue weighted by molar-refractivity contribution is 9.10. The lowest BCUT2D eigenvalue weighted by Crippen LogP contribution is -2.18. The Bertz CT molecular complexity index is 384. The van der Waals surface area contributed by atoms with Gasteiger partial charge in [-0.15, -0.1) is 0 Å². The van der Waals surface area contributed by atoms with Gasteiger partial charge in [-0.05, 0) is 31.5 Å². The number of rotatable bonds is 5. The molecule has 2 nitrogen and oxygen atoms in total. The maximum atomic E-state index is 13.3. The van der Waals surface area contributed by atoms with Crippen molar-refractivity contribution in [3.05, 3.63) is 34.1 Å². The first-order valence-electron chi connectivity index (χ1n) is 5.03. The van der Waals surface area contributed by atoms with Gasteiger partial charge in [0.05, 0.1) is 5.75 Å². The molecule has 0 heterocycles. The third kappa shape index (κ3) is 4.72. The van der Waals surface area contributed by atoms with Crippen LogP contribution in [0.25, 0.3) is 0 Å². The zero-order valence-corrected chi connectivity index (χ0v) is 11.5. The minimum absolute atomic E-state index is 0.0382. The molecular weight excluding hydrogens is 293 g/mol. The summed E-state index contributed by atoms with van der Waals surface area (Å²) in [5.74, 6) is 0.457. The van der Waals surface area contributed by atoms with Crippen molar-refractivity contribution < 1.29 is 8.60 Å². The molecule has 1 rings (SSSR count). The van der Waals surface area contributed by atoms with Gasteiger partial charge in [-0.3, -0.25) is 4.21 Å². The first kappa shape index (κ1) is 13.8. The highest BCUT2D eigenvalue weighted by Crippen LogP contribution is 2.17. The molecule has 0 spiro atoms. The Hall–Kier alpha value is -0.260. The van der Waals surface area contributed by atoms with Crippen molar-refractivity contribution in [1.82, 2.24) is 0 Å². The second-order valence-electron chi connectivity index (χ2n) is 3.79. The molecule has 0 saturated carbocycles. The predicted octanol–water partition coefficient (Wildman–Crippen LogP) is 2.57. The zero-order valence-electron chi connectivity index (χ0n) is 9.08. The Morgan fingerprint density at radius 3 is 2.88 bits per heavy atom. The lowest BCUT2D eigenvalue weighted by Gasteiger charge is -2.06. The van der Waals surface area contributed by atoms with Gasteiger partial charge in [-0.2, -0.15) is 0 Å². The molecule has 0 aliphatic carbocycles. The van der Waals surface area contributed by atoms with Crippen molar-refractivity contribution in [2.24, 2.45) is 5.73 Å². The van der Waals surface area contributed by atoms with Gasteiger partial charge >= 0.3 is 0 Å². The maximum absolute atomic E-state index is 13.3. The summed E-state index contributed by atoms with van der Waals surface area (Å²) in [4.78, 5) is 0. The normalized spacial score (nSPS) is 14.8. The number of halogens is 2.